The summed E-state index contributed by atoms with van der Waals surface area (Å²) >= 11 is 1.89. The monoisotopic (exact) mass is 205 g/mol. The van der Waals surface area contributed by atoms with E-state index in [0.717, 1.165) is 29.2 Å². The lowest BCUT2D eigenvalue weighted by atomic mass is 9.99. The number of pyridine rings is 1. The van der Waals surface area contributed by atoms with E-state index in [4.69, 9.17) is 11.0 Å². The van der Waals surface area contributed by atoms with Gasteiger partial charge in [-0.25, -0.2) is 4.98 Å². The molecular formula is C10H11N3S. The summed E-state index contributed by atoms with van der Waals surface area (Å²) in [5, 5.41) is 8.99. The van der Waals surface area contributed by atoms with Crippen molar-refractivity contribution < 1.29 is 0 Å². The van der Waals surface area contributed by atoms with Gasteiger partial charge < -0.3 is 5.73 Å². The van der Waals surface area contributed by atoms with E-state index in [1.807, 2.05) is 18.7 Å². The highest BCUT2D eigenvalue weighted by molar-refractivity contribution is 7.98. The Kier molecular flexibility index (Phi) is 2.34. The number of nitrogens with two attached hydrogens (primary N) is 1. The maximum absolute atomic E-state index is 8.99. The van der Waals surface area contributed by atoms with E-state index in [0.29, 0.717) is 11.4 Å². The molecule has 1 aliphatic rings. The Bertz CT molecular complexity index is 420. The second-order valence-corrected chi connectivity index (χ2v) is 4.43. The molecule has 1 aromatic heterocycles. The van der Waals surface area contributed by atoms with E-state index in [2.05, 4.69) is 11.1 Å². The van der Waals surface area contributed by atoms with Crippen LogP contribution in [0, 0.1) is 18.3 Å². The number of anilines is 1. The number of nitrogens with zero attached hydrogens (tertiary/aromatic N) is 2. The summed E-state index contributed by atoms with van der Waals surface area (Å²) in [7, 11) is 0. The van der Waals surface area contributed by atoms with Crippen LogP contribution in [-0.2, 0) is 12.2 Å². The summed E-state index contributed by atoms with van der Waals surface area (Å²) in [5.74, 6) is 2.42. The minimum Gasteiger partial charge on any atom is -0.383 e. The number of hydrogen-bond acceptors (Lipinski definition) is 4. The van der Waals surface area contributed by atoms with E-state index < -0.39 is 0 Å². The summed E-state index contributed by atoms with van der Waals surface area (Å²) < 4.78 is 0. The lowest BCUT2D eigenvalue weighted by Gasteiger charge is -2.19. The van der Waals surface area contributed by atoms with Crippen LogP contribution in [0.25, 0.3) is 0 Å². The molecule has 0 radical (unpaired) electrons. The molecule has 3 nitrogen and oxygen atoms in total. The van der Waals surface area contributed by atoms with E-state index in [9.17, 15) is 0 Å². The average Bonchev–Trinajstić information content (AvgIpc) is 2.18. The topological polar surface area (TPSA) is 62.7 Å². The fourth-order valence-electron chi connectivity index (χ4n) is 1.77. The first kappa shape index (κ1) is 9.35. The van der Waals surface area contributed by atoms with Gasteiger partial charge in [0, 0.05) is 11.4 Å². The Morgan fingerprint density at radius 2 is 2.29 bits per heavy atom. The van der Waals surface area contributed by atoms with Crippen molar-refractivity contribution in [2.75, 3.05) is 11.5 Å². The molecule has 0 atom stereocenters. The van der Waals surface area contributed by atoms with Gasteiger partial charge in [-0.3, -0.25) is 0 Å². The maximum atomic E-state index is 8.99. The summed E-state index contributed by atoms with van der Waals surface area (Å²) in [5.41, 5.74) is 9.62. The fraction of sp³-hybridized carbons (Fsp3) is 0.400. The van der Waals surface area contributed by atoms with Crippen molar-refractivity contribution in [3.8, 4) is 6.07 Å². The number of fused-ring (bicyclic) bond motifs is 1. The van der Waals surface area contributed by atoms with Crippen molar-refractivity contribution in [1.29, 1.82) is 5.26 Å². The zero-order chi connectivity index (χ0) is 10.1. The van der Waals surface area contributed by atoms with Crippen molar-refractivity contribution in [2.45, 2.75) is 19.1 Å². The normalized spacial score (nSPS) is 14.6. The highest BCUT2D eigenvalue weighted by atomic mass is 32.2. The molecule has 1 aromatic rings. The van der Waals surface area contributed by atoms with Crippen molar-refractivity contribution in [2.24, 2.45) is 0 Å². The van der Waals surface area contributed by atoms with Crippen molar-refractivity contribution in [1.82, 2.24) is 4.98 Å². The molecule has 0 unspecified atom stereocenters. The van der Waals surface area contributed by atoms with Gasteiger partial charge in [0.2, 0.25) is 0 Å². The van der Waals surface area contributed by atoms with Crippen LogP contribution in [0.4, 0.5) is 5.82 Å². The molecule has 0 aromatic carbocycles. The number of aryl methyl sites for hydroxylation is 1. The first-order chi connectivity index (χ1) is 6.74. The number of thioether (sulfide) groups is 1. The van der Waals surface area contributed by atoms with Crippen LogP contribution in [0.15, 0.2) is 0 Å². The van der Waals surface area contributed by atoms with Crippen molar-refractivity contribution in [3.63, 3.8) is 0 Å². The first-order valence-electron chi connectivity index (χ1n) is 4.49. The van der Waals surface area contributed by atoms with Crippen LogP contribution >= 0.6 is 11.8 Å². The minimum absolute atomic E-state index is 0.385. The third-order valence-corrected chi connectivity index (χ3v) is 3.49. The summed E-state index contributed by atoms with van der Waals surface area (Å²) in [6.45, 7) is 1.96. The predicted molar refractivity (Wildman–Crippen MR) is 58.0 cm³/mol. The molecule has 0 fully saturated rings. The molecule has 2 rings (SSSR count). The second kappa shape index (κ2) is 3.50. The largest absolute Gasteiger partial charge is 0.383 e. The standard InChI is InChI=1S/C10H11N3S/c1-6-9-5-14-3-2-7(9)8(4-11)10(12)13-6/h2-3,5H2,1H3,(H2,12,13). The number of nitrogen functional groups attached to an aromatic ring is 1. The number of aromatic nitrogens is 1. The van der Waals surface area contributed by atoms with Crippen molar-refractivity contribution >= 4 is 17.6 Å². The Hall–Kier alpha value is -1.21. The van der Waals surface area contributed by atoms with Gasteiger partial charge in [-0.05, 0) is 30.2 Å². The zero-order valence-corrected chi connectivity index (χ0v) is 8.82. The Morgan fingerprint density at radius 1 is 1.50 bits per heavy atom. The summed E-state index contributed by atoms with van der Waals surface area (Å²) in [6, 6.07) is 2.15. The first-order valence-corrected chi connectivity index (χ1v) is 5.65. The maximum Gasteiger partial charge on any atom is 0.141 e. The molecule has 1 aliphatic heterocycles. The molecule has 2 N–H and O–H groups in total. The summed E-state index contributed by atoms with van der Waals surface area (Å²) in [4.78, 5) is 4.20. The SMILES string of the molecule is Cc1nc(N)c(C#N)c2c1CSCC2. The van der Waals surface area contributed by atoms with Gasteiger partial charge in [0.05, 0.1) is 5.56 Å². The third kappa shape index (κ3) is 1.34. The second-order valence-electron chi connectivity index (χ2n) is 3.33. The molecule has 0 spiro atoms. The Labute approximate surface area is 87.3 Å². The molecule has 2 heterocycles. The lowest BCUT2D eigenvalue weighted by Crippen LogP contribution is -2.11. The smallest absolute Gasteiger partial charge is 0.141 e. The van der Waals surface area contributed by atoms with Crippen LogP contribution in [0.3, 0.4) is 0 Å². The molecule has 72 valence electrons. The van der Waals surface area contributed by atoms with Gasteiger partial charge in [-0.15, -0.1) is 0 Å². The summed E-state index contributed by atoms with van der Waals surface area (Å²) in [6.07, 6.45) is 0.941. The van der Waals surface area contributed by atoms with Gasteiger partial charge in [-0.1, -0.05) is 0 Å². The molecule has 0 amide bonds. The van der Waals surface area contributed by atoms with Gasteiger partial charge in [0.1, 0.15) is 11.9 Å². The average molecular weight is 205 g/mol. The number of rotatable bonds is 0. The van der Waals surface area contributed by atoms with Crippen LogP contribution in [-0.4, -0.2) is 10.7 Å². The Morgan fingerprint density at radius 3 is 3.00 bits per heavy atom. The van der Waals surface area contributed by atoms with Gasteiger partial charge in [0.15, 0.2) is 0 Å². The van der Waals surface area contributed by atoms with Crippen molar-refractivity contribution in [3.05, 3.63) is 22.4 Å². The van der Waals surface area contributed by atoms with Crippen LogP contribution in [0.1, 0.15) is 22.4 Å². The highest BCUT2D eigenvalue weighted by Gasteiger charge is 2.18. The third-order valence-electron chi connectivity index (χ3n) is 2.50. The Balaban J connectivity index is 2.69. The molecule has 0 aliphatic carbocycles. The fourth-order valence-corrected chi connectivity index (χ4v) is 2.85. The van der Waals surface area contributed by atoms with Gasteiger partial charge in [0.25, 0.3) is 0 Å². The van der Waals surface area contributed by atoms with Crippen LogP contribution < -0.4 is 5.73 Å². The molecule has 0 saturated heterocycles. The molecule has 0 bridgehead atoms. The van der Waals surface area contributed by atoms with E-state index >= 15 is 0 Å². The number of nitriles is 1. The van der Waals surface area contributed by atoms with E-state index in [1.54, 1.807) is 0 Å². The van der Waals surface area contributed by atoms with E-state index in [1.165, 1.54) is 5.56 Å². The minimum atomic E-state index is 0.385. The van der Waals surface area contributed by atoms with Crippen LogP contribution in [0.5, 0.6) is 0 Å². The molecule has 14 heavy (non-hydrogen) atoms. The molecule has 4 heteroatoms. The zero-order valence-electron chi connectivity index (χ0n) is 8.00. The predicted octanol–water partition coefficient (Wildman–Crippen LogP) is 1.63. The van der Waals surface area contributed by atoms with Gasteiger partial charge >= 0.3 is 0 Å². The molecular weight excluding hydrogens is 194 g/mol. The van der Waals surface area contributed by atoms with E-state index in [-0.39, 0.29) is 0 Å². The molecule has 0 saturated carbocycles. The quantitative estimate of drug-likeness (QED) is 0.699. The number of hydrogen-bond donors (Lipinski definition) is 1. The van der Waals surface area contributed by atoms with Gasteiger partial charge in [-0.2, -0.15) is 17.0 Å². The lowest BCUT2D eigenvalue weighted by molar-refractivity contribution is 1.02. The highest BCUT2D eigenvalue weighted by Crippen LogP contribution is 2.30. The van der Waals surface area contributed by atoms with Crippen LogP contribution in [0.2, 0.25) is 0 Å².